The number of ketones is 1. The van der Waals surface area contributed by atoms with Gasteiger partial charge >= 0.3 is 11.9 Å². The molecular weight excluding hydrogens is 280 g/mol. The number of hydrogen-bond acceptors (Lipinski definition) is 4. The Labute approximate surface area is 120 Å². The van der Waals surface area contributed by atoms with Crippen molar-refractivity contribution in [2.45, 2.75) is 25.8 Å². The summed E-state index contributed by atoms with van der Waals surface area (Å²) in [6.45, 7) is 1.35. The van der Waals surface area contributed by atoms with Crippen LogP contribution in [0.2, 0.25) is 0 Å². The lowest BCUT2D eigenvalue weighted by atomic mass is 10.1. The third-order valence-electron chi connectivity index (χ3n) is 2.89. The van der Waals surface area contributed by atoms with Gasteiger partial charge in [-0.1, -0.05) is 0 Å². The van der Waals surface area contributed by atoms with E-state index in [0.717, 1.165) is 0 Å². The Morgan fingerprint density at radius 2 is 1.90 bits per heavy atom. The lowest BCUT2D eigenvalue weighted by Crippen LogP contribution is -2.41. The van der Waals surface area contributed by atoms with E-state index >= 15 is 0 Å². The van der Waals surface area contributed by atoms with Gasteiger partial charge in [0.1, 0.15) is 11.7 Å². The summed E-state index contributed by atoms with van der Waals surface area (Å²) in [6, 6.07) is 0.0533. The molecule has 8 nitrogen and oxygen atoms in total. The molecule has 1 aromatic heterocycles. The van der Waals surface area contributed by atoms with Gasteiger partial charge in [-0.15, -0.1) is 0 Å². The third-order valence-corrected chi connectivity index (χ3v) is 2.89. The van der Waals surface area contributed by atoms with Gasteiger partial charge in [0.05, 0.1) is 0 Å². The van der Waals surface area contributed by atoms with Crippen molar-refractivity contribution in [2.24, 2.45) is 7.05 Å². The number of aromatic nitrogens is 1. The molecule has 0 aromatic carbocycles. The fourth-order valence-corrected chi connectivity index (χ4v) is 1.74. The summed E-state index contributed by atoms with van der Waals surface area (Å²) < 4.78 is 1.40. The molecule has 21 heavy (non-hydrogen) atoms. The Balaban J connectivity index is 2.84. The van der Waals surface area contributed by atoms with Gasteiger partial charge in [-0.05, 0) is 19.4 Å². The first-order chi connectivity index (χ1) is 9.72. The highest BCUT2D eigenvalue weighted by Crippen LogP contribution is 2.09. The van der Waals surface area contributed by atoms with Gasteiger partial charge in [-0.25, -0.2) is 4.79 Å². The molecule has 0 radical (unpaired) electrons. The van der Waals surface area contributed by atoms with Crippen LogP contribution in [-0.2, 0) is 16.6 Å². The molecule has 0 aliphatic rings. The lowest BCUT2D eigenvalue weighted by Gasteiger charge is -2.13. The standard InChI is InChI=1S/C13H16N2O6/c1-7(16)8-5-10(15(2)6-8)12(19)14-9(13(20)21)3-4-11(17)18/h5-6,9H,3-4H2,1-2H3,(H,14,19)(H,17,18)(H,20,21). The molecule has 1 aromatic rings. The molecule has 1 heterocycles. The van der Waals surface area contributed by atoms with Crippen LogP contribution in [0.4, 0.5) is 0 Å². The molecule has 8 heteroatoms. The number of hydrogen-bond donors (Lipinski definition) is 3. The highest BCUT2D eigenvalue weighted by molar-refractivity contribution is 6.00. The van der Waals surface area contributed by atoms with E-state index in [1.165, 1.54) is 23.8 Å². The topological polar surface area (TPSA) is 126 Å². The van der Waals surface area contributed by atoms with E-state index in [-0.39, 0.29) is 24.3 Å². The molecule has 0 aliphatic heterocycles. The highest BCUT2D eigenvalue weighted by Gasteiger charge is 2.23. The minimum Gasteiger partial charge on any atom is -0.481 e. The predicted octanol–water partition coefficient (Wildman–Crippen LogP) is 0.276. The van der Waals surface area contributed by atoms with E-state index < -0.39 is 23.9 Å². The fraction of sp³-hybridized carbons (Fsp3) is 0.385. The van der Waals surface area contributed by atoms with Crippen molar-refractivity contribution in [1.82, 2.24) is 9.88 Å². The molecule has 3 N–H and O–H groups in total. The Hall–Kier alpha value is -2.64. The zero-order chi connectivity index (χ0) is 16.2. The van der Waals surface area contributed by atoms with Crippen LogP contribution in [0, 0.1) is 0 Å². The maximum absolute atomic E-state index is 12.0. The minimum absolute atomic E-state index is 0.127. The fourth-order valence-electron chi connectivity index (χ4n) is 1.74. The molecule has 0 fully saturated rings. The first-order valence-electron chi connectivity index (χ1n) is 6.15. The smallest absolute Gasteiger partial charge is 0.326 e. The molecule has 114 valence electrons. The molecule has 0 saturated heterocycles. The number of amides is 1. The summed E-state index contributed by atoms with van der Waals surface area (Å²) in [6.07, 6.45) is 0.869. The molecule has 0 saturated carbocycles. The first kappa shape index (κ1) is 16.4. The molecular formula is C13H16N2O6. The van der Waals surface area contributed by atoms with Gasteiger partial charge in [0.25, 0.3) is 5.91 Å². The second-order valence-corrected chi connectivity index (χ2v) is 4.58. The van der Waals surface area contributed by atoms with Crippen LogP contribution in [0.3, 0.4) is 0 Å². The lowest BCUT2D eigenvalue weighted by molar-refractivity contribution is -0.140. The van der Waals surface area contributed by atoms with E-state index in [0.29, 0.717) is 5.56 Å². The van der Waals surface area contributed by atoms with Gasteiger partial charge in [0.15, 0.2) is 5.78 Å². The van der Waals surface area contributed by atoms with E-state index in [1.807, 2.05) is 0 Å². The number of nitrogens with one attached hydrogen (secondary N) is 1. The number of aliphatic carboxylic acids is 2. The summed E-state index contributed by atoms with van der Waals surface area (Å²) >= 11 is 0. The van der Waals surface area contributed by atoms with Gasteiger partial charge in [-0.2, -0.15) is 0 Å². The molecule has 0 bridgehead atoms. The van der Waals surface area contributed by atoms with Gasteiger partial charge in [0, 0.05) is 25.2 Å². The number of rotatable bonds is 7. The van der Waals surface area contributed by atoms with Crippen molar-refractivity contribution in [2.75, 3.05) is 0 Å². The maximum atomic E-state index is 12.0. The Kier molecular flexibility index (Phi) is 5.23. The van der Waals surface area contributed by atoms with Gasteiger partial charge in [0.2, 0.25) is 0 Å². The largest absolute Gasteiger partial charge is 0.481 e. The van der Waals surface area contributed by atoms with Crippen molar-refractivity contribution in [3.05, 3.63) is 23.5 Å². The first-order valence-corrected chi connectivity index (χ1v) is 6.15. The Morgan fingerprint density at radius 1 is 1.29 bits per heavy atom. The molecule has 1 atom stereocenters. The SMILES string of the molecule is CC(=O)c1cc(C(=O)NC(CCC(=O)O)C(=O)O)n(C)c1. The number of carboxylic acids is 2. The monoisotopic (exact) mass is 296 g/mol. The van der Waals surface area contributed by atoms with E-state index in [9.17, 15) is 19.2 Å². The zero-order valence-electron chi connectivity index (χ0n) is 11.6. The van der Waals surface area contributed by atoms with Crippen LogP contribution in [0.1, 0.15) is 40.6 Å². The van der Waals surface area contributed by atoms with Crippen LogP contribution < -0.4 is 5.32 Å². The number of carbonyl (C=O) groups is 4. The van der Waals surface area contributed by atoms with E-state index in [4.69, 9.17) is 10.2 Å². The van der Waals surface area contributed by atoms with Crippen LogP contribution >= 0.6 is 0 Å². The van der Waals surface area contributed by atoms with Crippen molar-refractivity contribution in [3.63, 3.8) is 0 Å². The number of carboxylic acid groups (broad SMARTS) is 2. The molecule has 1 rings (SSSR count). The second-order valence-electron chi connectivity index (χ2n) is 4.58. The van der Waals surface area contributed by atoms with Gasteiger partial charge < -0.3 is 20.1 Å². The number of carbonyl (C=O) groups excluding carboxylic acids is 2. The van der Waals surface area contributed by atoms with Crippen molar-refractivity contribution in [3.8, 4) is 0 Å². The Bertz CT molecular complexity index is 589. The van der Waals surface area contributed by atoms with Crippen LogP contribution in [0.25, 0.3) is 0 Å². The maximum Gasteiger partial charge on any atom is 0.326 e. The van der Waals surface area contributed by atoms with Crippen LogP contribution in [0.15, 0.2) is 12.3 Å². The van der Waals surface area contributed by atoms with Crippen molar-refractivity contribution < 1.29 is 29.4 Å². The summed E-state index contributed by atoms with van der Waals surface area (Å²) in [5.74, 6) is -3.35. The molecule has 0 aliphatic carbocycles. The van der Waals surface area contributed by atoms with Crippen LogP contribution in [0.5, 0.6) is 0 Å². The summed E-state index contributed by atoms with van der Waals surface area (Å²) in [4.78, 5) is 44.7. The van der Waals surface area contributed by atoms with Crippen LogP contribution in [-0.4, -0.2) is 44.5 Å². The predicted molar refractivity (Wildman–Crippen MR) is 71.2 cm³/mol. The average Bonchev–Trinajstić information content (AvgIpc) is 2.76. The second kappa shape index (κ2) is 6.69. The van der Waals surface area contributed by atoms with Gasteiger partial charge in [-0.3, -0.25) is 14.4 Å². The minimum atomic E-state index is -1.31. The third kappa shape index (κ3) is 4.44. The summed E-state index contributed by atoms with van der Waals surface area (Å²) in [7, 11) is 1.55. The van der Waals surface area contributed by atoms with Crippen molar-refractivity contribution in [1.29, 1.82) is 0 Å². The van der Waals surface area contributed by atoms with E-state index in [2.05, 4.69) is 5.32 Å². The molecule has 1 unspecified atom stereocenters. The molecule has 0 spiro atoms. The van der Waals surface area contributed by atoms with Crippen molar-refractivity contribution >= 4 is 23.6 Å². The number of nitrogens with zero attached hydrogens (tertiary/aromatic N) is 1. The molecule has 1 amide bonds. The van der Waals surface area contributed by atoms with E-state index in [1.54, 1.807) is 7.05 Å². The zero-order valence-corrected chi connectivity index (χ0v) is 11.6. The highest BCUT2D eigenvalue weighted by atomic mass is 16.4. The summed E-state index contributed by atoms with van der Waals surface area (Å²) in [5, 5.41) is 19.8. The normalized spacial score (nSPS) is 11.7. The number of aryl methyl sites for hydroxylation is 1. The summed E-state index contributed by atoms with van der Waals surface area (Å²) in [5.41, 5.74) is 0.460. The average molecular weight is 296 g/mol. The number of Topliss-reactive ketones (excluding diaryl/α,β-unsaturated/α-hetero) is 1. The quantitative estimate of drug-likeness (QED) is 0.620. The Morgan fingerprint density at radius 3 is 2.33 bits per heavy atom.